The van der Waals surface area contributed by atoms with E-state index in [1.54, 1.807) is 17.4 Å². The molecule has 90 valence electrons. The number of nitrogens with two attached hydrogens (primary N) is 1. The van der Waals surface area contributed by atoms with Gasteiger partial charge in [-0.05, 0) is 31.2 Å². The second-order valence-corrected chi connectivity index (χ2v) is 5.31. The molecule has 2 aromatic rings. The van der Waals surface area contributed by atoms with Crippen LogP contribution in [0.25, 0.3) is 0 Å². The van der Waals surface area contributed by atoms with Crippen LogP contribution in [0.5, 0.6) is 0 Å². The van der Waals surface area contributed by atoms with Gasteiger partial charge in [-0.2, -0.15) is 0 Å². The first-order valence-electron chi connectivity index (χ1n) is 5.14. The number of aromatic nitrogens is 1. The van der Waals surface area contributed by atoms with Gasteiger partial charge >= 0.3 is 0 Å². The fourth-order valence-corrected chi connectivity index (χ4v) is 2.51. The van der Waals surface area contributed by atoms with Crippen molar-refractivity contribution in [2.45, 2.75) is 13.0 Å². The Morgan fingerprint density at radius 3 is 2.71 bits per heavy atom. The van der Waals surface area contributed by atoms with Gasteiger partial charge in [0.2, 0.25) is 0 Å². The highest BCUT2D eigenvalue weighted by atomic mass is 35.5. The van der Waals surface area contributed by atoms with E-state index in [9.17, 15) is 0 Å². The lowest BCUT2D eigenvalue weighted by Gasteiger charge is -2.13. The molecule has 0 bridgehead atoms. The number of hydrogen-bond acceptors (Lipinski definition) is 5. The summed E-state index contributed by atoms with van der Waals surface area (Å²) in [4.78, 5) is 5.46. The van der Waals surface area contributed by atoms with Crippen LogP contribution in [-0.4, -0.2) is 4.98 Å². The zero-order chi connectivity index (χ0) is 12.3. The fourth-order valence-electron chi connectivity index (χ4n) is 1.45. The van der Waals surface area contributed by atoms with Gasteiger partial charge in [-0.25, -0.2) is 10.8 Å². The van der Waals surface area contributed by atoms with Crippen molar-refractivity contribution in [3.8, 4) is 0 Å². The second kappa shape index (κ2) is 5.35. The van der Waals surface area contributed by atoms with Crippen molar-refractivity contribution < 1.29 is 0 Å². The highest BCUT2D eigenvalue weighted by molar-refractivity contribution is 7.16. The highest BCUT2D eigenvalue weighted by Gasteiger charge is 2.08. The van der Waals surface area contributed by atoms with E-state index in [2.05, 4.69) is 22.7 Å². The summed E-state index contributed by atoms with van der Waals surface area (Å²) in [6.07, 6.45) is 0. The Morgan fingerprint density at radius 1 is 1.29 bits per heavy atom. The average Bonchev–Trinajstić information content (AvgIpc) is 2.76. The molecule has 0 aliphatic carbocycles. The molecule has 6 heteroatoms. The van der Waals surface area contributed by atoms with Crippen molar-refractivity contribution >= 4 is 34.6 Å². The normalized spacial score (nSPS) is 12.2. The van der Waals surface area contributed by atoms with Crippen molar-refractivity contribution in [3.63, 3.8) is 0 Å². The van der Waals surface area contributed by atoms with E-state index >= 15 is 0 Å². The van der Waals surface area contributed by atoms with Gasteiger partial charge in [0, 0.05) is 4.88 Å². The molecule has 4 N–H and O–H groups in total. The number of hydrogen-bond donors (Lipinski definition) is 3. The molecule has 0 amide bonds. The van der Waals surface area contributed by atoms with Crippen molar-refractivity contribution in [1.82, 2.24) is 4.98 Å². The molecule has 0 saturated carbocycles. The maximum atomic E-state index is 5.90. The third-order valence-electron chi connectivity index (χ3n) is 2.28. The predicted octanol–water partition coefficient (Wildman–Crippen LogP) is 3.26. The van der Waals surface area contributed by atoms with Gasteiger partial charge in [0.1, 0.15) is 11.6 Å². The van der Waals surface area contributed by atoms with Crippen LogP contribution in [0.2, 0.25) is 4.34 Å². The molecule has 0 aromatic carbocycles. The average molecular weight is 269 g/mol. The summed E-state index contributed by atoms with van der Waals surface area (Å²) >= 11 is 7.46. The van der Waals surface area contributed by atoms with Gasteiger partial charge in [0.05, 0.1) is 10.4 Å². The Hall–Kier alpha value is -1.30. The molecule has 2 heterocycles. The fraction of sp³-hybridized carbons (Fsp3) is 0.182. The first kappa shape index (κ1) is 12.2. The largest absolute Gasteiger partial charge is 0.363 e. The molecular weight excluding hydrogens is 256 g/mol. The lowest BCUT2D eigenvalue weighted by atomic mass is 10.3. The van der Waals surface area contributed by atoms with E-state index in [0.29, 0.717) is 5.82 Å². The Kier molecular flexibility index (Phi) is 3.83. The molecule has 1 atom stereocenters. The minimum Gasteiger partial charge on any atom is -0.363 e. The van der Waals surface area contributed by atoms with E-state index in [0.717, 1.165) is 10.2 Å². The van der Waals surface area contributed by atoms with Crippen molar-refractivity contribution in [1.29, 1.82) is 0 Å². The first-order valence-corrected chi connectivity index (χ1v) is 6.34. The van der Waals surface area contributed by atoms with Crippen LogP contribution in [0.15, 0.2) is 30.3 Å². The number of thiophene rings is 1. The number of hydrazine groups is 1. The zero-order valence-electron chi connectivity index (χ0n) is 9.27. The lowest BCUT2D eigenvalue weighted by molar-refractivity contribution is 0.896. The quantitative estimate of drug-likeness (QED) is 0.588. The number of anilines is 2. The van der Waals surface area contributed by atoms with Gasteiger partial charge in [-0.1, -0.05) is 17.7 Å². The molecule has 17 heavy (non-hydrogen) atoms. The van der Waals surface area contributed by atoms with Gasteiger partial charge < -0.3 is 10.7 Å². The standard InChI is InChI=1S/C11H13ClN4S/c1-7(8-5-6-9(12)17-8)14-10-3-2-4-11(15-10)16-13/h2-7H,13H2,1H3,(H2,14,15,16). The summed E-state index contributed by atoms with van der Waals surface area (Å²) in [6, 6.07) is 9.65. The summed E-state index contributed by atoms with van der Waals surface area (Å²) in [5, 5.41) is 3.29. The topological polar surface area (TPSA) is 63.0 Å². The molecule has 4 nitrogen and oxygen atoms in total. The summed E-state index contributed by atoms with van der Waals surface area (Å²) in [5.74, 6) is 6.71. The maximum absolute atomic E-state index is 5.90. The molecule has 0 radical (unpaired) electrons. The van der Waals surface area contributed by atoms with E-state index in [4.69, 9.17) is 17.4 Å². The molecule has 1 unspecified atom stereocenters. The number of nitrogen functional groups attached to an aromatic ring is 1. The summed E-state index contributed by atoms with van der Waals surface area (Å²) in [5.41, 5.74) is 2.51. The van der Waals surface area contributed by atoms with Gasteiger partial charge in [-0.15, -0.1) is 11.3 Å². The van der Waals surface area contributed by atoms with Crippen LogP contribution in [0.1, 0.15) is 17.8 Å². The molecule has 0 saturated heterocycles. The number of halogens is 1. The van der Waals surface area contributed by atoms with Crippen molar-refractivity contribution in [2.24, 2.45) is 5.84 Å². The van der Waals surface area contributed by atoms with Gasteiger partial charge in [0.15, 0.2) is 0 Å². The second-order valence-electron chi connectivity index (χ2n) is 3.56. The Bertz CT molecular complexity index is 500. The van der Waals surface area contributed by atoms with Crippen molar-refractivity contribution in [2.75, 3.05) is 10.7 Å². The first-order chi connectivity index (χ1) is 8.19. The smallest absolute Gasteiger partial charge is 0.142 e. The van der Waals surface area contributed by atoms with Crippen LogP contribution in [0.3, 0.4) is 0 Å². The van der Waals surface area contributed by atoms with Crippen molar-refractivity contribution in [3.05, 3.63) is 39.5 Å². The molecule has 2 aromatic heterocycles. The third-order valence-corrected chi connectivity index (χ3v) is 3.70. The zero-order valence-corrected chi connectivity index (χ0v) is 10.8. The van der Waals surface area contributed by atoms with Crippen LogP contribution in [0, 0.1) is 0 Å². The molecule has 0 fully saturated rings. The predicted molar refractivity (Wildman–Crippen MR) is 73.4 cm³/mol. The van der Waals surface area contributed by atoms with Gasteiger partial charge in [0.25, 0.3) is 0 Å². The highest BCUT2D eigenvalue weighted by Crippen LogP contribution is 2.28. The van der Waals surface area contributed by atoms with Crippen LogP contribution >= 0.6 is 22.9 Å². The van der Waals surface area contributed by atoms with E-state index in [1.807, 2.05) is 24.3 Å². The lowest BCUT2D eigenvalue weighted by Crippen LogP contribution is -2.11. The third kappa shape index (κ3) is 3.09. The monoisotopic (exact) mass is 268 g/mol. The molecule has 0 spiro atoms. The maximum Gasteiger partial charge on any atom is 0.142 e. The Labute approximate surface area is 109 Å². The number of rotatable bonds is 4. The summed E-state index contributed by atoms with van der Waals surface area (Å²) < 4.78 is 0.791. The van der Waals surface area contributed by atoms with Crippen LogP contribution in [-0.2, 0) is 0 Å². The molecule has 0 aliphatic heterocycles. The van der Waals surface area contributed by atoms with E-state index in [1.165, 1.54) is 4.88 Å². The summed E-state index contributed by atoms with van der Waals surface area (Å²) in [7, 11) is 0. The van der Waals surface area contributed by atoms with E-state index in [-0.39, 0.29) is 6.04 Å². The SMILES string of the molecule is CC(Nc1cccc(NN)n1)c1ccc(Cl)s1. The minimum absolute atomic E-state index is 0.160. The van der Waals surface area contributed by atoms with Gasteiger partial charge in [-0.3, -0.25) is 0 Å². The Balaban J connectivity index is 2.09. The van der Waals surface area contributed by atoms with Crippen LogP contribution in [0.4, 0.5) is 11.6 Å². The summed E-state index contributed by atoms with van der Waals surface area (Å²) in [6.45, 7) is 2.06. The number of pyridine rings is 1. The minimum atomic E-state index is 0.160. The molecule has 0 aliphatic rings. The number of nitrogens with one attached hydrogen (secondary N) is 2. The Morgan fingerprint density at radius 2 is 2.06 bits per heavy atom. The van der Waals surface area contributed by atoms with E-state index < -0.39 is 0 Å². The number of nitrogens with zero attached hydrogens (tertiary/aromatic N) is 1. The van der Waals surface area contributed by atoms with Crippen LogP contribution < -0.4 is 16.6 Å². The molecule has 2 rings (SSSR count). The molecular formula is C11H13ClN4S.